The van der Waals surface area contributed by atoms with Gasteiger partial charge in [-0.3, -0.25) is 4.79 Å². The van der Waals surface area contributed by atoms with Gasteiger partial charge in [-0.2, -0.15) is 0 Å². The summed E-state index contributed by atoms with van der Waals surface area (Å²) in [6.07, 6.45) is 3.50. The molecule has 0 radical (unpaired) electrons. The first-order valence-electron chi connectivity index (χ1n) is 10.1. The third-order valence-electron chi connectivity index (χ3n) is 5.43. The van der Waals surface area contributed by atoms with Crippen LogP contribution in [0.2, 0.25) is 0 Å². The molecule has 5 nitrogen and oxygen atoms in total. The van der Waals surface area contributed by atoms with E-state index >= 15 is 0 Å². The van der Waals surface area contributed by atoms with Gasteiger partial charge in [0.05, 0.1) is 30.1 Å². The minimum Gasteiger partial charge on any atom is -0.376 e. The molecule has 2 heterocycles. The number of nitrogens with zero attached hydrogens (tertiary/aromatic N) is 2. The van der Waals surface area contributed by atoms with Crippen molar-refractivity contribution in [2.45, 2.75) is 70.8 Å². The fourth-order valence-electron chi connectivity index (χ4n) is 3.48. The fourth-order valence-corrected chi connectivity index (χ4v) is 4.39. The summed E-state index contributed by atoms with van der Waals surface area (Å²) in [5, 5.41) is 4.00. The molecule has 1 N–H and O–H groups in total. The van der Waals surface area contributed by atoms with E-state index in [2.05, 4.69) is 53.0 Å². The van der Waals surface area contributed by atoms with Crippen LogP contribution in [0.4, 0.5) is 0 Å². The highest BCUT2D eigenvalue weighted by Crippen LogP contribution is 2.24. The Kier molecular flexibility index (Phi) is 7.18. The molecule has 28 heavy (non-hydrogen) atoms. The normalized spacial score (nSPS) is 17.6. The Hall–Kier alpha value is -1.79. The standard InChI is InChI=1S/C22H31N3O2S/c1-5-18-8-10-19(11-9-18)16(3)23-21(26)14-28-22-24-15(2)17(4)25(22)13-20-7-6-12-27-20/h8-11,16,20H,5-7,12-14H2,1-4H3,(H,23,26)/t16-,20+/m1/s1. The zero-order chi connectivity index (χ0) is 20.1. The van der Waals surface area contributed by atoms with Gasteiger partial charge in [0.1, 0.15) is 0 Å². The highest BCUT2D eigenvalue weighted by atomic mass is 32.2. The summed E-state index contributed by atoms with van der Waals surface area (Å²) in [6, 6.07) is 8.44. The summed E-state index contributed by atoms with van der Waals surface area (Å²) in [7, 11) is 0. The molecule has 2 atom stereocenters. The Morgan fingerprint density at radius 2 is 2.11 bits per heavy atom. The molecule has 6 heteroatoms. The monoisotopic (exact) mass is 401 g/mol. The number of ether oxygens (including phenoxy) is 1. The number of hydrogen-bond acceptors (Lipinski definition) is 4. The second kappa shape index (κ2) is 9.61. The average molecular weight is 402 g/mol. The number of carbonyl (C=O) groups excluding carboxylic acids is 1. The summed E-state index contributed by atoms with van der Waals surface area (Å²) in [5.74, 6) is 0.387. The fraction of sp³-hybridized carbons (Fsp3) is 0.545. The Morgan fingerprint density at radius 3 is 2.75 bits per heavy atom. The van der Waals surface area contributed by atoms with Crippen LogP contribution in [0.5, 0.6) is 0 Å². The van der Waals surface area contributed by atoms with Gasteiger partial charge in [0.15, 0.2) is 5.16 Å². The van der Waals surface area contributed by atoms with Crippen LogP contribution in [0, 0.1) is 13.8 Å². The Balaban J connectivity index is 1.57. The van der Waals surface area contributed by atoms with Gasteiger partial charge in [0, 0.05) is 12.3 Å². The number of aromatic nitrogens is 2. The van der Waals surface area contributed by atoms with Crippen molar-refractivity contribution in [3.05, 3.63) is 46.8 Å². The summed E-state index contributed by atoms with van der Waals surface area (Å²) >= 11 is 1.50. The molecule has 1 aliphatic rings. The zero-order valence-corrected chi connectivity index (χ0v) is 18.1. The number of nitrogens with one attached hydrogen (secondary N) is 1. The third kappa shape index (κ3) is 5.17. The second-order valence-electron chi connectivity index (χ2n) is 7.48. The first-order chi connectivity index (χ1) is 13.5. The first kappa shape index (κ1) is 20.9. The Labute approximate surface area is 172 Å². The zero-order valence-electron chi connectivity index (χ0n) is 17.3. The van der Waals surface area contributed by atoms with Gasteiger partial charge in [-0.1, -0.05) is 43.0 Å². The lowest BCUT2D eigenvalue weighted by atomic mass is 10.1. The van der Waals surface area contributed by atoms with Gasteiger partial charge in [0.25, 0.3) is 0 Å². The molecule has 0 saturated carbocycles. The van der Waals surface area contributed by atoms with E-state index in [1.165, 1.54) is 17.3 Å². The molecular weight excluding hydrogens is 370 g/mol. The lowest BCUT2D eigenvalue weighted by molar-refractivity contribution is -0.119. The maximum absolute atomic E-state index is 12.5. The highest BCUT2D eigenvalue weighted by Gasteiger charge is 2.21. The van der Waals surface area contributed by atoms with Crippen LogP contribution >= 0.6 is 11.8 Å². The average Bonchev–Trinajstić information content (AvgIpc) is 3.30. The lowest BCUT2D eigenvalue weighted by Crippen LogP contribution is -2.28. The second-order valence-corrected chi connectivity index (χ2v) is 8.43. The van der Waals surface area contributed by atoms with E-state index < -0.39 is 0 Å². The van der Waals surface area contributed by atoms with Gasteiger partial charge >= 0.3 is 0 Å². The maximum Gasteiger partial charge on any atom is 0.230 e. The van der Waals surface area contributed by atoms with Crippen molar-refractivity contribution in [3.8, 4) is 0 Å². The summed E-state index contributed by atoms with van der Waals surface area (Å²) in [5.41, 5.74) is 4.61. The van der Waals surface area contributed by atoms with Crippen LogP contribution in [-0.4, -0.2) is 33.9 Å². The number of carbonyl (C=O) groups is 1. The highest BCUT2D eigenvalue weighted by molar-refractivity contribution is 7.99. The van der Waals surface area contributed by atoms with Crippen LogP contribution in [0.25, 0.3) is 0 Å². The van der Waals surface area contributed by atoms with E-state index in [1.54, 1.807) is 0 Å². The van der Waals surface area contributed by atoms with Crippen molar-refractivity contribution in [3.63, 3.8) is 0 Å². The molecule has 0 unspecified atom stereocenters. The number of thioether (sulfide) groups is 1. The largest absolute Gasteiger partial charge is 0.376 e. The summed E-state index contributed by atoms with van der Waals surface area (Å²) in [4.78, 5) is 17.1. The van der Waals surface area contributed by atoms with Gasteiger partial charge in [-0.05, 0) is 51.2 Å². The molecule has 0 aliphatic carbocycles. The topological polar surface area (TPSA) is 56.2 Å². The minimum absolute atomic E-state index is 0.00545. The Morgan fingerprint density at radius 1 is 1.36 bits per heavy atom. The molecule has 0 bridgehead atoms. The molecule has 1 aliphatic heterocycles. The molecule has 1 aromatic carbocycles. The van der Waals surface area contributed by atoms with Gasteiger partial charge in [-0.25, -0.2) is 4.98 Å². The van der Waals surface area contributed by atoms with Crippen LogP contribution in [0.3, 0.4) is 0 Å². The number of rotatable bonds is 8. The molecule has 152 valence electrons. The van der Waals surface area contributed by atoms with Crippen molar-refractivity contribution >= 4 is 17.7 Å². The number of imidazole rings is 1. The van der Waals surface area contributed by atoms with Gasteiger partial charge in [0.2, 0.25) is 5.91 Å². The molecule has 0 spiro atoms. The van der Waals surface area contributed by atoms with E-state index in [-0.39, 0.29) is 18.1 Å². The van der Waals surface area contributed by atoms with Crippen LogP contribution in [0.15, 0.2) is 29.4 Å². The van der Waals surface area contributed by atoms with Crippen molar-refractivity contribution in [1.29, 1.82) is 0 Å². The van der Waals surface area contributed by atoms with E-state index in [9.17, 15) is 4.79 Å². The number of benzene rings is 1. The number of aryl methyl sites for hydroxylation is 2. The smallest absolute Gasteiger partial charge is 0.230 e. The van der Waals surface area contributed by atoms with Crippen molar-refractivity contribution < 1.29 is 9.53 Å². The molecule has 1 aromatic heterocycles. The molecular formula is C22H31N3O2S. The van der Waals surface area contributed by atoms with Gasteiger partial charge < -0.3 is 14.6 Å². The first-order valence-corrected chi connectivity index (χ1v) is 11.1. The quantitative estimate of drug-likeness (QED) is 0.673. The van der Waals surface area contributed by atoms with Crippen LogP contribution in [-0.2, 0) is 22.5 Å². The summed E-state index contributed by atoms with van der Waals surface area (Å²) < 4.78 is 7.99. The Bertz CT molecular complexity index is 795. The molecule has 1 fully saturated rings. The number of amides is 1. The van der Waals surface area contributed by atoms with E-state index in [4.69, 9.17) is 4.74 Å². The van der Waals surface area contributed by atoms with Gasteiger partial charge in [-0.15, -0.1) is 0 Å². The van der Waals surface area contributed by atoms with Crippen LogP contribution in [0.1, 0.15) is 55.2 Å². The third-order valence-corrected chi connectivity index (χ3v) is 6.41. The number of hydrogen-bond donors (Lipinski definition) is 1. The van der Waals surface area contributed by atoms with Crippen molar-refractivity contribution in [2.75, 3.05) is 12.4 Å². The predicted molar refractivity (Wildman–Crippen MR) is 114 cm³/mol. The van der Waals surface area contributed by atoms with E-state index in [0.717, 1.165) is 54.5 Å². The van der Waals surface area contributed by atoms with Crippen molar-refractivity contribution in [2.24, 2.45) is 0 Å². The summed E-state index contributed by atoms with van der Waals surface area (Å²) in [6.45, 7) is 9.94. The molecule has 2 aromatic rings. The lowest BCUT2D eigenvalue weighted by Gasteiger charge is -2.16. The molecule has 1 amide bonds. The maximum atomic E-state index is 12.5. The SMILES string of the molecule is CCc1ccc([C@@H](C)NC(=O)CSc2nc(C)c(C)n2C[C@@H]2CCCO2)cc1. The molecule has 3 rings (SSSR count). The van der Waals surface area contributed by atoms with Crippen molar-refractivity contribution in [1.82, 2.24) is 14.9 Å². The van der Waals surface area contributed by atoms with Crippen LogP contribution < -0.4 is 5.32 Å². The molecule has 1 saturated heterocycles. The van der Waals surface area contributed by atoms with E-state index in [1.807, 2.05) is 13.8 Å². The minimum atomic E-state index is -0.00545. The predicted octanol–water partition coefficient (Wildman–Crippen LogP) is 4.21. The van der Waals surface area contributed by atoms with E-state index in [0.29, 0.717) is 5.75 Å².